The van der Waals surface area contributed by atoms with Crippen molar-refractivity contribution in [3.8, 4) is 0 Å². The SMILES string of the molecule is CCOC(=O)c1c(CC(C)C)csc1NC(=O)CN1CCN(S(=O)(=O)CC)CC1. The molecule has 1 aromatic rings. The molecule has 0 aromatic carbocycles. The first kappa shape index (κ1) is 23.8. The zero-order valence-corrected chi connectivity index (χ0v) is 19.2. The molecule has 0 bridgehead atoms. The van der Waals surface area contributed by atoms with Gasteiger partial charge in [-0.05, 0) is 37.1 Å². The standard InChI is InChI=1S/C19H31N3O5S2/c1-5-27-19(24)17-15(11-14(3)4)13-28-18(17)20-16(23)12-21-7-9-22(10-8-21)29(25,26)6-2/h13-14H,5-12H2,1-4H3,(H,20,23). The van der Waals surface area contributed by atoms with Crippen LogP contribution in [0.1, 0.15) is 43.6 Å². The number of piperazine rings is 1. The lowest BCUT2D eigenvalue weighted by molar-refractivity contribution is -0.117. The molecule has 10 heteroatoms. The van der Waals surface area contributed by atoms with E-state index in [1.165, 1.54) is 15.6 Å². The number of thiophene rings is 1. The van der Waals surface area contributed by atoms with E-state index in [4.69, 9.17) is 4.74 Å². The molecule has 1 aromatic heterocycles. The summed E-state index contributed by atoms with van der Waals surface area (Å²) >= 11 is 1.33. The van der Waals surface area contributed by atoms with Crippen LogP contribution in [0.2, 0.25) is 0 Å². The number of hydrogen-bond acceptors (Lipinski definition) is 7. The summed E-state index contributed by atoms with van der Waals surface area (Å²) in [7, 11) is -3.19. The van der Waals surface area contributed by atoms with Crippen LogP contribution in [0.5, 0.6) is 0 Å². The second-order valence-corrected chi connectivity index (χ2v) is 10.5. The van der Waals surface area contributed by atoms with E-state index in [0.29, 0.717) is 42.7 Å². The number of rotatable bonds is 9. The van der Waals surface area contributed by atoms with E-state index < -0.39 is 16.0 Å². The Morgan fingerprint density at radius 2 is 1.86 bits per heavy atom. The molecule has 29 heavy (non-hydrogen) atoms. The number of carbonyl (C=O) groups excluding carboxylic acids is 2. The smallest absolute Gasteiger partial charge is 0.341 e. The number of nitrogens with one attached hydrogen (secondary N) is 1. The van der Waals surface area contributed by atoms with Gasteiger partial charge in [0.15, 0.2) is 0 Å². The van der Waals surface area contributed by atoms with Crippen LogP contribution in [-0.4, -0.2) is 74.6 Å². The highest BCUT2D eigenvalue weighted by molar-refractivity contribution is 7.89. The Morgan fingerprint density at radius 3 is 2.41 bits per heavy atom. The maximum atomic E-state index is 12.5. The van der Waals surface area contributed by atoms with Crippen LogP contribution in [0.3, 0.4) is 0 Å². The first-order valence-electron chi connectivity index (χ1n) is 9.95. The van der Waals surface area contributed by atoms with E-state index in [1.54, 1.807) is 13.8 Å². The van der Waals surface area contributed by atoms with Gasteiger partial charge in [-0.15, -0.1) is 11.3 Å². The Balaban J connectivity index is 2.00. The van der Waals surface area contributed by atoms with Gasteiger partial charge in [0.25, 0.3) is 0 Å². The van der Waals surface area contributed by atoms with Crippen LogP contribution in [0, 0.1) is 5.92 Å². The Bertz CT molecular complexity index is 812. The molecule has 0 unspecified atom stereocenters. The monoisotopic (exact) mass is 445 g/mol. The van der Waals surface area contributed by atoms with E-state index in [2.05, 4.69) is 19.2 Å². The van der Waals surface area contributed by atoms with Gasteiger partial charge in [-0.2, -0.15) is 4.31 Å². The number of carbonyl (C=O) groups is 2. The van der Waals surface area contributed by atoms with Gasteiger partial charge in [0.1, 0.15) is 5.00 Å². The van der Waals surface area contributed by atoms with Crippen LogP contribution in [0.25, 0.3) is 0 Å². The summed E-state index contributed by atoms with van der Waals surface area (Å²) in [4.78, 5) is 26.9. The van der Waals surface area contributed by atoms with Crippen LogP contribution >= 0.6 is 11.3 Å². The van der Waals surface area contributed by atoms with Gasteiger partial charge in [0, 0.05) is 26.2 Å². The normalized spacial score (nSPS) is 16.2. The van der Waals surface area contributed by atoms with Gasteiger partial charge in [-0.3, -0.25) is 9.69 Å². The van der Waals surface area contributed by atoms with Crippen molar-refractivity contribution in [3.63, 3.8) is 0 Å². The number of amides is 1. The molecule has 8 nitrogen and oxygen atoms in total. The van der Waals surface area contributed by atoms with Gasteiger partial charge >= 0.3 is 5.97 Å². The molecule has 1 N–H and O–H groups in total. The molecule has 0 aliphatic carbocycles. The van der Waals surface area contributed by atoms with Crippen molar-refractivity contribution in [1.29, 1.82) is 0 Å². The number of sulfonamides is 1. The van der Waals surface area contributed by atoms with Crippen LogP contribution in [-0.2, 0) is 26.0 Å². The van der Waals surface area contributed by atoms with E-state index >= 15 is 0 Å². The summed E-state index contributed by atoms with van der Waals surface area (Å²) in [5.74, 6) is -0.184. The number of ether oxygens (including phenoxy) is 1. The van der Waals surface area contributed by atoms with Crippen LogP contribution in [0.4, 0.5) is 5.00 Å². The number of esters is 1. The van der Waals surface area contributed by atoms with Crippen molar-refractivity contribution in [2.45, 2.75) is 34.1 Å². The fraction of sp³-hybridized carbons (Fsp3) is 0.684. The zero-order chi connectivity index (χ0) is 21.6. The third-order valence-corrected chi connectivity index (χ3v) is 7.51. The van der Waals surface area contributed by atoms with E-state index in [1.807, 2.05) is 10.3 Å². The third kappa shape index (κ3) is 6.50. The topological polar surface area (TPSA) is 96.0 Å². The molecule has 0 saturated carbocycles. The molecule has 2 heterocycles. The summed E-state index contributed by atoms with van der Waals surface area (Å²) < 4.78 is 30.5. The van der Waals surface area contributed by atoms with E-state index in [9.17, 15) is 18.0 Å². The molecule has 0 spiro atoms. The van der Waals surface area contributed by atoms with Gasteiger partial charge in [-0.25, -0.2) is 13.2 Å². The summed E-state index contributed by atoms with van der Waals surface area (Å²) in [5.41, 5.74) is 1.33. The Labute approximate surface area is 177 Å². The molecule has 164 valence electrons. The minimum atomic E-state index is -3.19. The zero-order valence-electron chi connectivity index (χ0n) is 17.6. The minimum Gasteiger partial charge on any atom is -0.462 e. The van der Waals surface area contributed by atoms with Gasteiger partial charge in [0.2, 0.25) is 15.9 Å². The first-order chi connectivity index (χ1) is 13.7. The lowest BCUT2D eigenvalue weighted by atomic mass is 10.0. The van der Waals surface area contributed by atoms with Crippen molar-refractivity contribution < 1.29 is 22.7 Å². The Hall–Kier alpha value is -1.49. The number of nitrogens with zero attached hydrogens (tertiary/aromatic N) is 2. The highest BCUT2D eigenvalue weighted by Gasteiger charge is 2.27. The molecular formula is C19H31N3O5S2. The lowest BCUT2D eigenvalue weighted by Crippen LogP contribution is -2.50. The molecule has 2 rings (SSSR count). The molecule has 1 aliphatic heterocycles. The molecule has 1 amide bonds. The average Bonchev–Trinajstić information content (AvgIpc) is 3.03. The predicted molar refractivity (Wildman–Crippen MR) is 115 cm³/mol. The minimum absolute atomic E-state index is 0.0845. The highest BCUT2D eigenvalue weighted by atomic mass is 32.2. The second-order valence-electron chi connectivity index (χ2n) is 7.41. The molecular weight excluding hydrogens is 414 g/mol. The summed E-state index contributed by atoms with van der Waals surface area (Å²) in [6.45, 7) is 9.72. The van der Waals surface area contributed by atoms with Crippen LogP contribution < -0.4 is 5.32 Å². The second kappa shape index (κ2) is 10.5. The van der Waals surface area contributed by atoms with Gasteiger partial charge in [0.05, 0.1) is 24.5 Å². The molecule has 1 fully saturated rings. The average molecular weight is 446 g/mol. The van der Waals surface area contributed by atoms with Crippen molar-refractivity contribution in [3.05, 3.63) is 16.5 Å². The maximum absolute atomic E-state index is 12.5. The fourth-order valence-electron chi connectivity index (χ4n) is 3.22. The summed E-state index contributed by atoms with van der Waals surface area (Å²) in [5, 5.41) is 5.26. The van der Waals surface area contributed by atoms with Crippen molar-refractivity contribution in [2.75, 3.05) is 50.4 Å². The van der Waals surface area contributed by atoms with Crippen molar-refractivity contribution in [2.24, 2.45) is 5.92 Å². The quantitative estimate of drug-likeness (QED) is 0.585. The number of anilines is 1. The molecule has 1 saturated heterocycles. The van der Waals surface area contributed by atoms with E-state index in [-0.39, 0.29) is 24.8 Å². The molecule has 1 aliphatic rings. The van der Waals surface area contributed by atoms with E-state index in [0.717, 1.165) is 12.0 Å². The first-order valence-corrected chi connectivity index (χ1v) is 12.4. The summed E-state index contributed by atoms with van der Waals surface area (Å²) in [6.07, 6.45) is 0.731. The Morgan fingerprint density at radius 1 is 1.21 bits per heavy atom. The molecule has 0 radical (unpaired) electrons. The van der Waals surface area contributed by atoms with Crippen molar-refractivity contribution >= 4 is 38.2 Å². The van der Waals surface area contributed by atoms with Gasteiger partial charge < -0.3 is 10.1 Å². The summed E-state index contributed by atoms with van der Waals surface area (Å²) in [6, 6.07) is 0. The van der Waals surface area contributed by atoms with Crippen LogP contribution in [0.15, 0.2) is 5.38 Å². The maximum Gasteiger partial charge on any atom is 0.341 e. The number of hydrogen-bond donors (Lipinski definition) is 1. The fourth-order valence-corrected chi connectivity index (χ4v) is 5.28. The predicted octanol–water partition coefficient (Wildman–Crippen LogP) is 2.03. The largest absolute Gasteiger partial charge is 0.462 e. The van der Waals surface area contributed by atoms with Gasteiger partial charge in [-0.1, -0.05) is 13.8 Å². The molecule has 0 atom stereocenters. The highest BCUT2D eigenvalue weighted by Crippen LogP contribution is 2.31. The Kier molecular flexibility index (Phi) is 8.62. The lowest BCUT2D eigenvalue weighted by Gasteiger charge is -2.33. The third-order valence-electron chi connectivity index (χ3n) is 4.68. The van der Waals surface area contributed by atoms with Crippen molar-refractivity contribution in [1.82, 2.24) is 9.21 Å².